The van der Waals surface area contributed by atoms with E-state index in [0.717, 1.165) is 30.3 Å². The second kappa shape index (κ2) is 8.29. The Morgan fingerprint density at radius 3 is 2.83 bits per heavy atom. The Morgan fingerprint density at radius 2 is 2.21 bits per heavy atom. The zero-order chi connectivity index (χ0) is 17.5. The number of aromatic nitrogens is 2. The summed E-state index contributed by atoms with van der Waals surface area (Å²) in [4.78, 5) is 11.1. The molecule has 0 unspecified atom stereocenters. The first kappa shape index (κ1) is 17.7. The van der Waals surface area contributed by atoms with Crippen LogP contribution in [0.3, 0.4) is 0 Å². The molecule has 1 aromatic rings. The number of nitrogens with zero attached hydrogens (tertiary/aromatic N) is 5. The third-order valence-corrected chi connectivity index (χ3v) is 3.75. The van der Waals surface area contributed by atoms with Crippen molar-refractivity contribution in [2.45, 2.75) is 33.2 Å². The molecule has 1 N–H and O–H groups in total. The van der Waals surface area contributed by atoms with Gasteiger partial charge in [-0.2, -0.15) is 14.8 Å². The second-order valence-corrected chi connectivity index (χ2v) is 5.67. The summed E-state index contributed by atoms with van der Waals surface area (Å²) in [6.07, 6.45) is 11.3. The fraction of sp³-hybridized carbons (Fsp3) is 0.389. The molecule has 6 nitrogen and oxygen atoms in total. The molecule has 1 heterocycles. The molecule has 24 heavy (non-hydrogen) atoms. The smallest absolute Gasteiger partial charge is 0.249 e. The van der Waals surface area contributed by atoms with E-state index in [-0.39, 0.29) is 0 Å². The van der Waals surface area contributed by atoms with Gasteiger partial charge in [0.25, 0.3) is 0 Å². The lowest BCUT2D eigenvalue weighted by Crippen LogP contribution is -2.34. The first-order valence-corrected chi connectivity index (χ1v) is 8.21. The van der Waals surface area contributed by atoms with Crippen LogP contribution in [-0.4, -0.2) is 36.0 Å². The van der Waals surface area contributed by atoms with Crippen LogP contribution < -0.4 is 15.8 Å². The van der Waals surface area contributed by atoms with E-state index in [1.165, 1.54) is 0 Å². The average Bonchev–Trinajstić information content (AvgIpc) is 2.83. The molecule has 1 aromatic heterocycles. The van der Waals surface area contributed by atoms with E-state index >= 15 is 0 Å². The number of rotatable bonds is 6. The summed E-state index contributed by atoms with van der Waals surface area (Å²) in [6, 6.07) is 2.32. The van der Waals surface area contributed by atoms with Gasteiger partial charge in [-0.3, -0.25) is 4.99 Å². The Labute approximate surface area is 143 Å². The molecule has 0 aliphatic heterocycles. The van der Waals surface area contributed by atoms with Crippen molar-refractivity contribution in [3.05, 3.63) is 47.8 Å². The number of nitrogens with one attached hydrogen (secondary N) is 1. The summed E-state index contributed by atoms with van der Waals surface area (Å²) < 4.78 is 1.61. The van der Waals surface area contributed by atoms with Crippen LogP contribution in [0.25, 0.3) is 0 Å². The van der Waals surface area contributed by atoms with Crippen LogP contribution in [0.1, 0.15) is 27.2 Å². The third-order valence-electron chi connectivity index (χ3n) is 3.75. The van der Waals surface area contributed by atoms with Crippen LogP contribution in [0.2, 0.25) is 0 Å². The summed E-state index contributed by atoms with van der Waals surface area (Å²) in [7, 11) is 1.71. The lowest BCUT2D eigenvalue weighted by atomic mass is 10.3. The Bertz CT molecular complexity index is 736. The monoisotopic (exact) mass is 326 g/mol. The lowest BCUT2D eigenvalue weighted by molar-refractivity contribution is 0.676. The van der Waals surface area contributed by atoms with Gasteiger partial charge in [-0.05, 0) is 39.3 Å². The van der Waals surface area contributed by atoms with E-state index in [4.69, 9.17) is 0 Å². The van der Waals surface area contributed by atoms with E-state index in [1.54, 1.807) is 11.7 Å². The van der Waals surface area contributed by atoms with E-state index in [2.05, 4.69) is 71.0 Å². The lowest BCUT2D eigenvalue weighted by Gasteiger charge is -2.27. The highest BCUT2D eigenvalue weighted by Gasteiger charge is 2.14. The number of allylic oxidation sites excluding steroid dienone is 5. The average molecular weight is 326 g/mol. The maximum absolute atomic E-state index is 4.62. The maximum atomic E-state index is 4.62. The SMILES string of the molecule is C=Nn1c(NC2=CC=CCC=C2)cc(N(CC)C(C)C)nc1=NC. The number of hydrogen-bond donors (Lipinski definition) is 1. The number of anilines is 2. The molecule has 1 aliphatic carbocycles. The van der Waals surface area contributed by atoms with Crippen LogP contribution in [0, 0.1) is 0 Å². The summed E-state index contributed by atoms with van der Waals surface area (Å²) in [5, 5.41) is 7.46. The van der Waals surface area contributed by atoms with Gasteiger partial charge in [-0.1, -0.05) is 18.2 Å². The highest BCUT2D eigenvalue weighted by Crippen LogP contribution is 2.19. The molecule has 0 radical (unpaired) electrons. The predicted octanol–water partition coefficient (Wildman–Crippen LogP) is 2.92. The topological polar surface area (TPSA) is 57.8 Å². The van der Waals surface area contributed by atoms with Crippen molar-refractivity contribution in [2.24, 2.45) is 10.1 Å². The Morgan fingerprint density at radius 1 is 1.42 bits per heavy atom. The van der Waals surface area contributed by atoms with Gasteiger partial charge in [0.15, 0.2) is 0 Å². The second-order valence-electron chi connectivity index (χ2n) is 5.67. The van der Waals surface area contributed by atoms with Crippen molar-refractivity contribution in [3.8, 4) is 0 Å². The molecule has 0 bridgehead atoms. The summed E-state index contributed by atoms with van der Waals surface area (Å²) >= 11 is 0. The highest BCUT2D eigenvalue weighted by molar-refractivity contribution is 5.55. The van der Waals surface area contributed by atoms with Gasteiger partial charge in [0.05, 0.1) is 0 Å². The van der Waals surface area contributed by atoms with E-state index in [9.17, 15) is 0 Å². The molecule has 6 heteroatoms. The quantitative estimate of drug-likeness (QED) is 0.818. The largest absolute Gasteiger partial charge is 0.354 e. The minimum atomic E-state index is 0.340. The molecule has 0 amide bonds. The van der Waals surface area contributed by atoms with Crippen molar-refractivity contribution < 1.29 is 0 Å². The van der Waals surface area contributed by atoms with Gasteiger partial charge in [0.1, 0.15) is 11.6 Å². The molecular weight excluding hydrogens is 300 g/mol. The molecular formula is C18H26N6. The van der Waals surface area contributed by atoms with E-state index in [1.807, 2.05) is 18.2 Å². The van der Waals surface area contributed by atoms with Crippen molar-refractivity contribution in [1.29, 1.82) is 0 Å². The first-order valence-electron chi connectivity index (χ1n) is 8.21. The molecule has 0 atom stereocenters. The first-order chi connectivity index (χ1) is 11.6. The fourth-order valence-corrected chi connectivity index (χ4v) is 2.60. The molecule has 2 rings (SSSR count). The summed E-state index contributed by atoms with van der Waals surface area (Å²) in [5.74, 6) is 1.64. The van der Waals surface area contributed by atoms with Crippen molar-refractivity contribution in [3.63, 3.8) is 0 Å². The minimum Gasteiger partial charge on any atom is -0.354 e. The van der Waals surface area contributed by atoms with E-state index < -0.39 is 0 Å². The van der Waals surface area contributed by atoms with Crippen LogP contribution in [0.4, 0.5) is 11.6 Å². The maximum Gasteiger partial charge on any atom is 0.249 e. The molecule has 0 saturated carbocycles. The van der Waals surface area contributed by atoms with Crippen LogP contribution in [0.5, 0.6) is 0 Å². The van der Waals surface area contributed by atoms with Crippen molar-refractivity contribution in [1.82, 2.24) is 9.66 Å². The summed E-state index contributed by atoms with van der Waals surface area (Å²) in [6.45, 7) is 10.9. The van der Waals surface area contributed by atoms with Gasteiger partial charge in [-0.25, -0.2) is 0 Å². The van der Waals surface area contributed by atoms with E-state index in [0.29, 0.717) is 11.7 Å². The normalized spacial score (nSPS) is 14.5. The molecule has 0 aromatic carbocycles. The van der Waals surface area contributed by atoms with Gasteiger partial charge in [0.2, 0.25) is 5.62 Å². The van der Waals surface area contributed by atoms with Crippen LogP contribution in [-0.2, 0) is 0 Å². The Hall–Kier alpha value is -2.63. The molecule has 0 saturated heterocycles. The van der Waals surface area contributed by atoms with Gasteiger partial charge in [-0.15, -0.1) is 0 Å². The Kier molecular flexibility index (Phi) is 6.12. The van der Waals surface area contributed by atoms with Crippen molar-refractivity contribution >= 4 is 18.4 Å². The molecule has 128 valence electrons. The Balaban J connectivity index is 2.53. The predicted molar refractivity (Wildman–Crippen MR) is 101 cm³/mol. The van der Waals surface area contributed by atoms with Gasteiger partial charge < -0.3 is 10.2 Å². The van der Waals surface area contributed by atoms with Crippen LogP contribution in [0.15, 0.2) is 52.2 Å². The molecule has 1 aliphatic rings. The standard InChI is InChI=1S/C18H26N6/c1-6-23(14(2)3)16-13-17(24(20-5)18(19-4)22-16)21-15-11-9-7-8-10-12-15/h7,9-14,21H,5-6,8H2,1-4H3. The van der Waals surface area contributed by atoms with Crippen molar-refractivity contribution in [2.75, 3.05) is 23.8 Å². The molecule has 0 fully saturated rings. The fourth-order valence-electron chi connectivity index (χ4n) is 2.60. The van der Waals surface area contributed by atoms with Crippen LogP contribution >= 0.6 is 0 Å². The molecule has 0 spiro atoms. The van der Waals surface area contributed by atoms with Gasteiger partial charge >= 0.3 is 0 Å². The minimum absolute atomic E-state index is 0.340. The number of hydrogen-bond acceptors (Lipinski definition) is 5. The zero-order valence-electron chi connectivity index (χ0n) is 14.9. The third kappa shape index (κ3) is 4.01. The zero-order valence-corrected chi connectivity index (χ0v) is 14.9. The highest BCUT2D eigenvalue weighted by atomic mass is 15.4. The summed E-state index contributed by atoms with van der Waals surface area (Å²) in [5.41, 5.74) is 1.49. The van der Waals surface area contributed by atoms with Gasteiger partial charge in [0, 0.05) is 38.1 Å².